The van der Waals surface area contributed by atoms with Crippen LogP contribution in [0.2, 0.25) is 0 Å². The number of rotatable bonds is 5. The van der Waals surface area contributed by atoms with Gasteiger partial charge in [0.25, 0.3) is 0 Å². The van der Waals surface area contributed by atoms with Crippen LogP contribution in [0.1, 0.15) is 112 Å². The van der Waals surface area contributed by atoms with E-state index in [1.54, 1.807) is 0 Å². The topological polar surface area (TPSA) is 64.5 Å². The largest absolute Gasteiger partial charge is 0.682 e. The predicted molar refractivity (Wildman–Crippen MR) is 183 cm³/mol. The Labute approximate surface area is 287 Å². The summed E-state index contributed by atoms with van der Waals surface area (Å²) < 4.78 is 6.34. The Kier molecular flexibility index (Phi) is 10.5. The van der Waals surface area contributed by atoms with Gasteiger partial charge in [0.15, 0.2) is 5.78 Å². The summed E-state index contributed by atoms with van der Waals surface area (Å²) in [7, 11) is 0. The number of furan rings is 1. The summed E-state index contributed by atoms with van der Waals surface area (Å²) in [5.41, 5.74) is 8.09. The van der Waals surface area contributed by atoms with Crippen LogP contribution >= 0.6 is 0 Å². The van der Waals surface area contributed by atoms with Gasteiger partial charge in [0.1, 0.15) is 5.58 Å². The van der Waals surface area contributed by atoms with Crippen LogP contribution in [-0.4, -0.2) is 10.9 Å². The van der Waals surface area contributed by atoms with E-state index in [1.165, 1.54) is 80.6 Å². The van der Waals surface area contributed by atoms with E-state index < -0.39 is 0 Å². The molecule has 4 aliphatic rings. The van der Waals surface area contributed by atoms with Gasteiger partial charge in [0, 0.05) is 49.0 Å². The van der Waals surface area contributed by atoms with Gasteiger partial charge in [-0.05, 0) is 56.1 Å². The number of allylic oxidation sites excluding steroid dienone is 3. The second-order valence-electron chi connectivity index (χ2n) is 13.7. The minimum absolute atomic E-state index is 0. The Morgan fingerprint density at radius 2 is 1.50 bits per heavy atom. The van der Waals surface area contributed by atoms with Crippen LogP contribution in [0, 0.1) is 30.7 Å². The molecule has 2 heterocycles. The first kappa shape index (κ1) is 32.8. The van der Waals surface area contributed by atoms with E-state index in [0.717, 1.165) is 58.7 Å². The van der Waals surface area contributed by atoms with Crippen molar-refractivity contribution in [3.05, 3.63) is 106 Å². The van der Waals surface area contributed by atoms with E-state index in [2.05, 4.69) is 61.7 Å². The van der Waals surface area contributed by atoms with Crippen molar-refractivity contribution >= 4 is 33.3 Å². The molecule has 1 unspecified atom stereocenters. The molecule has 3 fully saturated rings. The minimum Gasteiger partial charge on any atom is -0.682 e. The fourth-order valence-electron chi connectivity index (χ4n) is 8.21. The number of para-hydroxylation sites is 1. The van der Waals surface area contributed by atoms with Gasteiger partial charge >= 0.3 is 0 Å². The number of benzene rings is 3. The third-order valence-electron chi connectivity index (χ3n) is 10.6. The fraction of sp³-hybridized carbons (Fsp3) is 0.439. The summed E-state index contributed by atoms with van der Waals surface area (Å²) in [6.45, 7) is 2.11. The van der Waals surface area contributed by atoms with E-state index >= 15 is 0 Å². The first-order chi connectivity index (χ1) is 22.1. The second kappa shape index (κ2) is 14.7. The number of aryl methyl sites for hydroxylation is 1. The normalized spacial score (nSPS) is 20.8. The molecule has 5 heteroatoms. The standard InChI is InChI=1S/C28H25NO.C13H20O2.Ir/c1-18-15-23-21-12-7-8-14-26(21)30-28(23)24(16-18)27-22-13-6-5-11-20(22)25(17-29-27)19-9-3-2-4-10-19;14-12(10-5-1-2-6-10)9-13(15)11-7-3-4-8-11;/h5-8,11-15,17,19,27H,2-4,9-10H2,1H3;9-11,14H,1-8H2;/q-2;;/b;12-9-;. The maximum absolute atomic E-state index is 11.8. The van der Waals surface area contributed by atoms with E-state index in [1.807, 2.05) is 12.1 Å². The van der Waals surface area contributed by atoms with Crippen molar-refractivity contribution in [2.24, 2.45) is 17.8 Å². The molecule has 3 saturated carbocycles. The van der Waals surface area contributed by atoms with Gasteiger partial charge in [-0.2, -0.15) is 23.9 Å². The molecule has 0 bridgehead atoms. The molecule has 4 nitrogen and oxygen atoms in total. The van der Waals surface area contributed by atoms with Crippen LogP contribution in [0.4, 0.5) is 0 Å². The van der Waals surface area contributed by atoms with Crippen LogP contribution in [0.5, 0.6) is 0 Å². The maximum Gasteiger partial charge on any atom is 0.162 e. The molecule has 1 N–H and O–H groups in total. The van der Waals surface area contributed by atoms with E-state index in [9.17, 15) is 9.90 Å². The molecule has 243 valence electrons. The number of ketones is 1. The SMILES string of the molecule is Cc1[c-]c(C2[N-]C=C(C3CCCCC3)c3ccccc32)c2oc3ccccc3c2c1.O=C(/C=C(\O)C1CCCC1)C1CCCC1.[Ir]. The van der Waals surface area contributed by atoms with Gasteiger partial charge in [-0.25, -0.2) is 0 Å². The first-order valence-electron chi connectivity index (χ1n) is 17.3. The van der Waals surface area contributed by atoms with Gasteiger partial charge < -0.3 is 14.8 Å². The van der Waals surface area contributed by atoms with Crippen LogP contribution < -0.4 is 0 Å². The third kappa shape index (κ3) is 6.78. The summed E-state index contributed by atoms with van der Waals surface area (Å²) in [4.78, 5) is 11.8. The molecule has 1 aliphatic heterocycles. The molecule has 0 spiro atoms. The number of hydrogen-bond donors (Lipinski definition) is 1. The third-order valence-corrected chi connectivity index (χ3v) is 10.6. The Hall–Kier alpha value is -3.14. The van der Waals surface area contributed by atoms with Crippen molar-refractivity contribution in [2.45, 2.75) is 96.4 Å². The van der Waals surface area contributed by atoms with Crippen molar-refractivity contribution in [3.8, 4) is 0 Å². The zero-order chi connectivity index (χ0) is 30.8. The molecule has 0 amide bonds. The van der Waals surface area contributed by atoms with E-state index in [-0.39, 0.29) is 43.8 Å². The monoisotopic (exact) mass is 792 g/mol. The van der Waals surface area contributed by atoms with Crippen molar-refractivity contribution in [1.29, 1.82) is 0 Å². The number of fused-ring (bicyclic) bond motifs is 4. The molecule has 1 atom stereocenters. The zero-order valence-electron chi connectivity index (χ0n) is 26.9. The summed E-state index contributed by atoms with van der Waals surface area (Å²) in [6.07, 6.45) is 19.2. The Morgan fingerprint density at radius 1 is 0.848 bits per heavy atom. The molecule has 1 aromatic heterocycles. The minimum atomic E-state index is -0.0727. The summed E-state index contributed by atoms with van der Waals surface area (Å²) in [5.74, 6) is 1.63. The fourth-order valence-corrected chi connectivity index (χ4v) is 8.21. The summed E-state index contributed by atoms with van der Waals surface area (Å²) in [6, 6.07) is 22.8. The Bertz CT molecular complexity index is 1730. The predicted octanol–water partition coefficient (Wildman–Crippen LogP) is 11.5. The number of aliphatic hydroxyl groups excluding tert-OH is 1. The van der Waals surface area contributed by atoms with Crippen LogP contribution in [0.15, 0.2) is 77.0 Å². The quantitative estimate of drug-likeness (QED) is 0.124. The molecule has 0 saturated heterocycles. The second-order valence-corrected chi connectivity index (χ2v) is 13.7. The van der Waals surface area contributed by atoms with Crippen LogP contribution in [0.25, 0.3) is 32.8 Å². The number of aliphatic hydroxyl groups is 1. The smallest absolute Gasteiger partial charge is 0.162 e. The van der Waals surface area contributed by atoms with Crippen molar-refractivity contribution < 1.29 is 34.4 Å². The van der Waals surface area contributed by atoms with Gasteiger partial charge in [0.2, 0.25) is 0 Å². The van der Waals surface area contributed by atoms with Gasteiger partial charge in [-0.1, -0.05) is 117 Å². The number of nitrogens with zero attached hydrogens (tertiary/aromatic N) is 1. The molecule has 3 aromatic carbocycles. The van der Waals surface area contributed by atoms with Crippen LogP contribution in [0.3, 0.4) is 0 Å². The Morgan fingerprint density at radius 3 is 2.26 bits per heavy atom. The molecule has 46 heavy (non-hydrogen) atoms. The van der Waals surface area contributed by atoms with E-state index in [4.69, 9.17) is 9.73 Å². The Balaban J connectivity index is 0.000000197. The van der Waals surface area contributed by atoms with Crippen LogP contribution in [-0.2, 0) is 24.9 Å². The number of carbonyl (C=O) groups is 1. The average Bonchev–Trinajstić information content (AvgIpc) is 3.87. The molecule has 3 aliphatic carbocycles. The summed E-state index contributed by atoms with van der Waals surface area (Å²) in [5, 5.41) is 17.2. The molecular formula is C41H45IrNO3-2. The number of carbonyl (C=O) groups excluding carboxylic acids is 1. The molecule has 4 aromatic rings. The van der Waals surface area contributed by atoms with Gasteiger partial charge in [0.05, 0.1) is 5.76 Å². The van der Waals surface area contributed by atoms with Gasteiger partial charge in [-0.15, -0.1) is 5.56 Å². The maximum atomic E-state index is 11.8. The van der Waals surface area contributed by atoms with E-state index in [0.29, 0.717) is 11.7 Å². The molecule has 1 radical (unpaired) electrons. The zero-order valence-corrected chi connectivity index (χ0v) is 29.3. The van der Waals surface area contributed by atoms with Crippen molar-refractivity contribution in [3.63, 3.8) is 0 Å². The van der Waals surface area contributed by atoms with Gasteiger partial charge in [-0.3, -0.25) is 4.79 Å². The molecular weight excluding hydrogens is 747 g/mol. The summed E-state index contributed by atoms with van der Waals surface area (Å²) >= 11 is 0. The van der Waals surface area contributed by atoms with Crippen molar-refractivity contribution in [1.82, 2.24) is 0 Å². The average molecular weight is 792 g/mol. The van der Waals surface area contributed by atoms with Crippen molar-refractivity contribution in [2.75, 3.05) is 0 Å². The first-order valence-corrected chi connectivity index (χ1v) is 17.3. The number of hydrogen-bond acceptors (Lipinski definition) is 3. The molecule has 8 rings (SSSR count).